The first-order valence-electron chi connectivity index (χ1n) is 7.82. The Labute approximate surface area is 126 Å². The maximum atomic E-state index is 12.7. The van der Waals surface area contributed by atoms with Crippen LogP contribution in [0.25, 0.3) is 0 Å². The zero-order valence-electron chi connectivity index (χ0n) is 13.1. The van der Waals surface area contributed by atoms with Crippen LogP contribution in [0, 0.1) is 5.41 Å². The molecule has 122 valence electrons. The molecule has 0 aromatic heterocycles. The molecule has 0 aromatic rings. The van der Waals surface area contributed by atoms with Crippen molar-refractivity contribution in [2.45, 2.75) is 52.1 Å². The van der Waals surface area contributed by atoms with Crippen LogP contribution in [0.5, 0.6) is 0 Å². The van der Waals surface area contributed by atoms with E-state index in [9.17, 15) is 9.59 Å². The smallest absolute Gasteiger partial charge is 0.305 e. The van der Waals surface area contributed by atoms with Gasteiger partial charge in [0, 0.05) is 19.6 Å². The number of hydrogen-bond donors (Lipinski definition) is 2. The quantitative estimate of drug-likeness (QED) is 0.703. The number of carboxylic acid groups (broad SMARTS) is 1. The lowest BCUT2D eigenvalue weighted by Crippen LogP contribution is -2.50. The lowest BCUT2D eigenvalue weighted by Gasteiger charge is -2.39. The van der Waals surface area contributed by atoms with Crippen molar-refractivity contribution in [3.8, 4) is 0 Å². The number of piperidine rings is 1. The summed E-state index contributed by atoms with van der Waals surface area (Å²) in [5.41, 5.74) is 5.40. The van der Waals surface area contributed by atoms with Crippen LogP contribution in [0.1, 0.15) is 46.0 Å². The van der Waals surface area contributed by atoms with E-state index in [0.29, 0.717) is 19.6 Å². The van der Waals surface area contributed by atoms with Crippen LogP contribution in [0.3, 0.4) is 0 Å². The van der Waals surface area contributed by atoms with Gasteiger partial charge in [-0.05, 0) is 25.7 Å². The third-order valence-electron chi connectivity index (χ3n) is 4.60. The first-order valence-corrected chi connectivity index (χ1v) is 7.82. The van der Waals surface area contributed by atoms with Crippen molar-refractivity contribution in [1.82, 2.24) is 4.90 Å². The summed E-state index contributed by atoms with van der Waals surface area (Å²) in [6, 6.07) is 0. The molecule has 1 amide bonds. The zero-order chi connectivity index (χ0) is 15.9. The van der Waals surface area contributed by atoms with Gasteiger partial charge < -0.3 is 20.5 Å². The molecule has 0 atom stereocenters. The number of carbonyl (C=O) groups is 2. The average molecular weight is 300 g/mol. The van der Waals surface area contributed by atoms with Gasteiger partial charge in [-0.2, -0.15) is 0 Å². The minimum atomic E-state index is -0.846. The molecule has 0 unspecified atom stereocenters. The standard InChI is InChI=1S/C15H28N2O4/c1-3-15(4-2,11-16)14(20)17-8-5-12(6-9-17)21-10-7-13(18)19/h12H,3-11,16H2,1-2H3,(H,18,19). The van der Waals surface area contributed by atoms with Crippen LogP contribution in [0.2, 0.25) is 0 Å². The number of aliphatic carboxylic acids is 1. The highest BCUT2D eigenvalue weighted by Crippen LogP contribution is 2.29. The van der Waals surface area contributed by atoms with E-state index in [1.54, 1.807) is 0 Å². The topological polar surface area (TPSA) is 92.9 Å². The Balaban J connectivity index is 2.45. The highest BCUT2D eigenvalue weighted by molar-refractivity contribution is 5.83. The molecular formula is C15H28N2O4. The SMILES string of the molecule is CCC(CC)(CN)C(=O)N1CCC(OCCC(=O)O)CC1. The number of rotatable bonds is 8. The van der Waals surface area contributed by atoms with E-state index >= 15 is 0 Å². The van der Waals surface area contributed by atoms with E-state index < -0.39 is 11.4 Å². The second-order valence-corrected chi connectivity index (χ2v) is 5.70. The first-order chi connectivity index (χ1) is 9.99. The highest BCUT2D eigenvalue weighted by Gasteiger charge is 2.38. The summed E-state index contributed by atoms with van der Waals surface area (Å²) < 4.78 is 5.54. The van der Waals surface area contributed by atoms with Gasteiger partial charge in [-0.15, -0.1) is 0 Å². The van der Waals surface area contributed by atoms with Gasteiger partial charge in [-0.1, -0.05) is 13.8 Å². The third kappa shape index (κ3) is 4.68. The van der Waals surface area contributed by atoms with Crippen molar-refractivity contribution >= 4 is 11.9 Å². The first kappa shape index (κ1) is 17.9. The average Bonchev–Trinajstić information content (AvgIpc) is 2.50. The maximum absolute atomic E-state index is 12.7. The molecule has 0 saturated carbocycles. The molecule has 1 saturated heterocycles. The molecule has 1 aliphatic rings. The molecule has 1 fully saturated rings. The summed E-state index contributed by atoms with van der Waals surface area (Å²) >= 11 is 0. The van der Waals surface area contributed by atoms with E-state index in [4.69, 9.17) is 15.6 Å². The van der Waals surface area contributed by atoms with Crippen molar-refractivity contribution in [3.63, 3.8) is 0 Å². The molecular weight excluding hydrogens is 272 g/mol. The Kier molecular flexibility index (Phi) is 7.11. The Morgan fingerprint density at radius 2 is 1.86 bits per heavy atom. The minimum Gasteiger partial charge on any atom is -0.481 e. The largest absolute Gasteiger partial charge is 0.481 e. The number of amides is 1. The van der Waals surface area contributed by atoms with Crippen LogP contribution in [0.4, 0.5) is 0 Å². The summed E-state index contributed by atoms with van der Waals surface area (Å²) in [7, 11) is 0. The fraction of sp³-hybridized carbons (Fsp3) is 0.867. The molecule has 6 heteroatoms. The van der Waals surface area contributed by atoms with Crippen molar-refractivity contribution in [1.29, 1.82) is 0 Å². The fourth-order valence-corrected chi connectivity index (χ4v) is 2.80. The summed E-state index contributed by atoms with van der Waals surface area (Å²) in [5, 5.41) is 8.58. The van der Waals surface area contributed by atoms with Gasteiger partial charge in [-0.3, -0.25) is 9.59 Å². The van der Waals surface area contributed by atoms with Gasteiger partial charge in [0.2, 0.25) is 5.91 Å². The van der Waals surface area contributed by atoms with Gasteiger partial charge in [0.25, 0.3) is 0 Å². The van der Waals surface area contributed by atoms with Gasteiger partial charge >= 0.3 is 5.97 Å². The van der Waals surface area contributed by atoms with Crippen LogP contribution in [-0.2, 0) is 14.3 Å². The second-order valence-electron chi connectivity index (χ2n) is 5.70. The van der Waals surface area contributed by atoms with Crippen molar-refractivity contribution in [2.24, 2.45) is 11.1 Å². The summed E-state index contributed by atoms with van der Waals surface area (Å²) in [5.74, 6) is -0.694. The van der Waals surface area contributed by atoms with Crippen LogP contribution < -0.4 is 5.73 Å². The molecule has 1 rings (SSSR count). The highest BCUT2D eigenvalue weighted by atomic mass is 16.5. The van der Waals surface area contributed by atoms with E-state index in [1.807, 2.05) is 18.7 Å². The second kappa shape index (κ2) is 8.34. The van der Waals surface area contributed by atoms with Crippen molar-refractivity contribution < 1.29 is 19.4 Å². The summed E-state index contributed by atoms with van der Waals surface area (Å²) in [4.78, 5) is 25.0. The van der Waals surface area contributed by atoms with Gasteiger partial charge in [0.15, 0.2) is 0 Å². The predicted octanol–water partition coefficient (Wildman–Crippen LogP) is 1.23. The lowest BCUT2D eigenvalue weighted by molar-refractivity contribution is -0.145. The summed E-state index contributed by atoms with van der Waals surface area (Å²) in [6.45, 7) is 5.97. The molecule has 0 bridgehead atoms. The minimum absolute atomic E-state index is 0.0289. The Bertz CT molecular complexity index is 339. The Morgan fingerprint density at radius 3 is 2.29 bits per heavy atom. The van der Waals surface area contributed by atoms with Crippen LogP contribution >= 0.6 is 0 Å². The van der Waals surface area contributed by atoms with Gasteiger partial charge in [-0.25, -0.2) is 0 Å². The monoisotopic (exact) mass is 300 g/mol. The number of nitrogens with two attached hydrogens (primary N) is 1. The van der Waals surface area contributed by atoms with E-state index in [1.165, 1.54) is 0 Å². The maximum Gasteiger partial charge on any atom is 0.305 e. The Morgan fingerprint density at radius 1 is 1.29 bits per heavy atom. The Hall–Kier alpha value is -1.14. The molecule has 6 nitrogen and oxygen atoms in total. The predicted molar refractivity (Wildman–Crippen MR) is 79.9 cm³/mol. The fourth-order valence-electron chi connectivity index (χ4n) is 2.80. The number of likely N-dealkylation sites (tertiary alicyclic amines) is 1. The van der Waals surface area contributed by atoms with E-state index in [0.717, 1.165) is 25.7 Å². The number of hydrogen-bond acceptors (Lipinski definition) is 4. The van der Waals surface area contributed by atoms with Crippen LogP contribution in [0.15, 0.2) is 0 Å². The third-order valence-corrected chi connectivity index (χ3v) is 4.60. The molecule has 1 aliphatic heterocycles. The van der Waals surface area contributed by atoms with Crippen molar-refractivity contribution in [2.75, 3.05) is 26.2 Å². The summed E-state index contributed by atoms with van der Waals surface area (Å²) in [6.07, 6.45) is 3.13. The molecule has 1 heterocycles. The number of carbonyl (C=O) groups excluding carboxylic acids is 1. The molecule has 3 N–H and O–H groups in total. The van der Waals surface area contributed by atoms with E-state index in [2.05, 4.69) is 0 Å². The lowest BCUT2D eigenvalue weighted by atomic mass is 9.80. The van der Waals surface area contributed by atoms with Gasteiger partial charge in [0.1, 0.15) is 0 Å². The van der Waals surface area contributed by atoms with Crippen molar-refractivity contribution in [3.05, 3.63) is 0 Å². The van der Waals surface area contributed by atoms with Gasteiger partial charge in [0.05, 0.1) is 24.5 Å². The normalized spacial score (nSPS) is 17.0. The number of nitrogens with zero attached hydrogens (tertiary/aromatic N) is 1. The zero-order valence-corrected chi connectivity index (χ0v) is 13.1. The molecule has 0 aliphatic carbocycles. The number of ether oxygens (including phenoxy) is 1. The number of carboxylic acids is 1. The molecule has 0 spiro atoms. The van der Waals surface area contributed by atoms with Crippen LogP contribution in [-0.4, -0.2) is 54.2 Å². The molecule has 0 aromatic carbocycles. The molecule has 0 radical (unpaired) electrons. The molecule has 21 heavy (non-hydrogen) atoms. The van der Waals surface area contributed by atoms with E-state index in [-0.39, 0.29) is 25.0 Å².